The number of aromatic nitrogens is 2. The Morgan fingerprint density at radius 3 is 2.69 bits per heavy atom. The first-order chi connectivity index (χ1) is 17.2. The Labute approximate surface area is 216 Å². The van der Waals surface area contributed by atoms with E-state index in [2.05, 4.69) is 15.0 Å². The number of sulfone groups is 1. The zero-order valence-corrected chi connectivity index (χ0v) is 22.3. The van der Waals surface area contributed by atoms with E-state index in [0.717, 1.165) is 33.5 Å². The minimum absolute atomic E-state index is 0.000962. The third kappa shape index (κ3) is 5.50. The largest absolute Gasteiger partial charge is 0.456 e. The Morgan fingerprint density at radius 2 is 2.00 bits per heavy atom. The number of amides is 1. The lowest BCUT2D eigenvalue weighted by Crippen LogP contribution is -2.42. The summed E-state index contributed by atoms with van der Waals surface area (Å²) in [5.41, 5.74) is 2.87. The zero-order chi connectivity index (χ0) is 25.4. The molecule has 0 spiro atoms. The number of pyridine rings is 1. The van der Waals surface area contributed by atoms with Crippen molar-refractivity contribution in [2.75, 3.05) is 37.4 Å². The van der Waals surface area contributed by atoms with E-state index >= 15 is 0 Å². The van der Waals surface area contributed by atoms with E-state index in [1.807, 2.05) is 30.0 Å². The number of carbonyl (C=O) groups is 1. The number of carbonyl (C=O) groups excluding carboxylic acids is 1. The van der Waals surface area contributed by atoms with Crippen LogP contribution in [0.3, 0.4) is 0 Å². The number of benzene rings is 1. The molecule has 190 valence electrons. The molecule has 1 fully saturated rings. The van der Waals surface area contributed by atoms with E-state index < -0.39 is 20.6 Å². The molecule has 1 atom stereocenters. The van der Waals surface area contributed by atoms with Gasteiger partial charge in [0, 0.05) is 64.2 Å². The molecule has 1 unspecified atom stereocenters. The molecule has 0 aliphatic carbocycles. The van der Waals surface area contributed by atoms with Gasteiger partial charge in [0.05, 0.1) is 18.4 Å². The second kappa shape index (κ2) is 9.98. The maximum absolute atomic E-state index is 12.7. The maximum atomic E-state index is 12.7. The minimum atomic E-state index is -3.37. The molecule has 5 rings (SSSR count). The molecule has 1 saturated heterocycles. The normalized spacial score (nSPS) is 19.0. The number of fused-ring (bicyclic) bond motifs is 1. The molecule has 2 aliphatic rings. The van der Waals surface area contributed by atoms with Crippen LogP contribution in [0.2, 0.25) is 0 Å². The van der Waals surface area contributed by atoms with E-state index in [9.17, 15) is 17.4 Å². The van der Waals surface area contributed by atoms with E-state index in [0.29, 0.717) is 49.1 Å². The third-order valence-corrected chi connectivity index (χ3v) is 9.60. The van der Waals surface area contributed by atoms with Crippen molar-refractivity contribution in [1.82, 2.24) is 14.9 Å². The summed E-state index contributed by atoms with van der Waals surface area (Å²) in [7, 11) is -4.17. The zero-order valence-electron chi connectivity index (χ0n) is 19.9. The highest BCUT2D eigenvalue weighted by Gasteiger charge is 2.28. The topological polar surface area (TPSA) is 122 Å². The van der Waals surface area contributed by atoms with Crippen molar-refractivity contribution < 1.29 is 22.2 Å². The van der Waals surface area contributed by atoms with Crippen molar-refractivity contribution in [3.8, 4) is 11.5 Å². The van der Waals surface area contributed by atoms with Crippen molar-refractivity contribution in [3.63, 3.8) is 0 Å². The standard InChI is InChI=1S/C24H26N4O5S3/c1-15-9-18(33-17-3-4-21(25-13-17)36(2,31)32)10-16-11-20(27-23(15)16)24-26-14-19(34-24)12-22(29)28-5-7-35(30)8-6-28/h3-4,9-11,13,19,27H,5-8,12,14H2,1-2H3. The number of aliphatic imine (C=N–C) groups is 1. The molecule has 3 aromatic rings. The fraction of sp³-hybridized carbons (Fsp3) is 0.375. The average Bonchev–Trinajstić information content (AvgIpc) is 3.46. The summed E-state index contributed by atoms with van der Waals surface area (Å²) in [6.45, 7) is 3.71. The summed E-state index contributed by atoms with van der Waals surface area (Å²) in [5, 5.41) is 1.93. The highest BCUT2D eigenvalue weighted by molar-refractivity contribution is 8.15. The van der Waals surface area contributed by atoms with Crippen molar-refractivity contribution >= 4 is 54.3 Å². The van der Waals surface area contributed by atoms with Gasteiger partial charge in [-0.1, -0.05) is 11.8 Å². The number of nitrogens with zero attached hydrogens (tertiary/aromatic N) is 3. The summed E-state index contributed by atoms with van der Waals surface area (Å²) in [6, 6.07) is 8.85. The summed E-state index contributed by atoms with van der Waals surface area (Å²) in [6.07, 6.45) is 2.93. The van der Waals surface area contributed by atoms with Crippen molar-refractivity contribution in [2.45, 2.75) is 23.6 Å². The Kier molecular flexibility index (Phi) is 6.92. The quantitative estimate of drug-likeness (QED) is 0.504. The van der Waals surface area contributed by atoms with Crippen LogP contribution >= 0.6 is 11.8 Å². The van der Waals surface area contributed by atoms with E-state index in [4.69, 9.17) is 4.74 Å². The van der Waals surface area contributed by atoms with Gasteiger partial charge in [-0.15, -0.1) is 0 Å². The van der Waals surface area contributed by atoms with Gasteiger partial charge in [-0.25, -0.2) is 13.4 Å². The first-order valence-electron chi connectivity index (χ1n) is 11.5. The molecule has 2 aromatic heterocycles. The third-order valence-electron chi connectivity index (χ3n) is 6.10. The molecule has 1 aromatic carbocycles. The van der Waals surface area contributed by atoms with Crippen LogP contribution < -0.4 is 4.74 Å². The van der Waals surface area contributed by atoms with Gasteiger partial charge in [-0.3, -0.25) is 14.0 Å². The highest BCUT2D eigenvalue weighted by atomic mass is 32.2. The molecule has 4 heterocycles. The second-order valence-corrected chi connectivity index (χ2v) is 13.9. The molecule has 36 heavy (non-hydrogen) atoms. The lowest BCUT2D eigenvalue weighted by molar-refractivity contribution is -0.130. The Balaban J connectivity index is 1.26. The van der Waals surface area contributed by atoms with Crippen LogP contribution in [0.25, 0.3) is 10.9 Å². The van der Waals surface area contributed by atoms with Crippen LogP contribution in [0.1, 0.15) is 17.7 Å². The number of ether oxygens (including phenoxy) is 1. The van der Waals surface area contributed by atoms with Crippen LogP contribution in [0.4, 0.5) is 0 Å². The SMILES string of the molecule is Cc1cc(Oc2ccc(S(C)(=O)=O)nc2)cc2cc(C3=NCC(CC(=O)N4CCS(=O)CC4)S3)[nH]c12. The summed E-state index contributed by atoms with van der Waals surface area (Å²) in [5.74, 6) is 2.29. The van der Waals surface area contributed by atoms with E-state index in [1.165, 1.54) is 12.3 Å². The first-order valence-corrected chi connectivity index (χ1v) is 15.7. The predicted molar refractivity (Wildman–Crippen MR) is 142 cm³/mol. The molecule has 1 amide bonds. The molecular formula is C24H26N4O5S3. The molecule has 0 bridgehead atoms. The Hall–Kier alpha value is -2.70. The van der Waals surface area contributed by atoms with Crippen LogP contribution in [-0.2, 0) is 25.4 Å². The van der Waals surface area contributed by atoms with Gasteiger partial charge >= 0.3 is 0 Å². The van der Waals surface area contributed by atoms with Gasteiger partial charge in [0.25, 0.3) is 0 Å². The number of aromatic amines is 1. The van der Waals surface area contributed by atoms with Crippen LogP contribution in [0.5, 0.6) is 11.5 Å². The fourth-order valence-electron chi connectivity index (χ4n) is 4.23. The number of H-pyrrole nitrogens is 1. The first kappa shape index (κ1) is 25.0. The van der Waals surface area contributed by atoms with Crippen LogP contribution in [0, 0.1) is 6.92 Å². The number of rotatable bonds is 6. The van der Waals surface area contributed by atoms with Crippen molar-refractivity contribution in [2.24, 2.45) is 4.99 Å². The number of thioether (sulfide) groups is 1. The van der Waals surface area contributed by atoms with Crippen molar-refractivity contribution in [1.29, 1.82) is 0 Å². The Morgan fingerprint density at radius 1 is 1.22 bits per heavy atom. The Bertz CT molecular complexity index is 1470. The predicted octanol–water partition coefficient (Wildman–Crippen LogP) is 2.91. The van der Waals surface area contributed by atoms with Gasteiger partial charge in [0.1, 0.15) is 16.5 Å². The van der Waals surface area contributed by atoms with E-state index in [-0.39, 0.29) is 16.2 Å². The molecule has 0 saturated carbocycles. The molecule has 0 radical (unpaired) electrons. The number of aryl methyl sites for hydroxylation is 1. The average molecular weight is 547 g/mol. The number of hydrogen-bond donors (Lipinski definition) is 1. The highest BCUT2D eigenvalue weighted by Crippen LogP contribution is 2.33. The van der Waals surface area contributed by atoms with Gasteiger partial charge in [0.15, 0.2) is 14.9 Å². The minimum Gasteiger partial charge on any atom is -0.456 e. The maximum Gasteiger partial charge on any atom is 0.223 e. The summed E-state index contributed by atoms with van der Waals surface area (Å²) >= 11 is 1.61. The molecule has 9 nitrogen and oxygen atoms in total. The lowest BCUT2D eigenvalue weighted by Gasteiger charge is -2.27. The van der Waals surface area contributed by atoms with Crippen LogP contribution in [0.15, 0.2) is 46.5 Å². The van der Waals surface area contributed by atoms with Crippen molar-refractivity contribution in [3.05, 3.63) is 47.8 Å². The van der Waals surface area contributed by atoms with Gasteiger partial charge < -0.3 is 14.6 Å². The molecule has 2 aliphatic heterocycles. The molecular weight excluding hydrogens is 520 g/mol. The molecule has 12 heteroatoms. The van der Waals surface area contributed by atoms with E-state index in [1.54, 1.807) is 17.8 Å². The lowest BCUT2D eigenvalue weighted by atomic mass is 10.1. The fourth-order valence-corrected chi connectivity index (χ4v) is 6.92. The van der Waals surface area contributed by atoms with Gasteiger partial charge in [-0.2, -0.15) is 0 Å². The summed E-state index contributed by atoms with van der Waals surface area (Å²) < 4.78 is 40.7. The summed E-state index contributed by atoms with van der Waals surface area (Å²) in [4.78, 5) is 26.6. The van der Waals surface area contributed by atoms with Gasteiger partial charge in [0.2, 0.25) is 5.91 Å². The number of nitrogens with one attached hydrogen (secondary N) is 1. The smallest absolute Gasteiger partial charge is 0.223 e. The van der Waals surface area contributed by atoms with Crippen LogP contribution in [-0.4, -0.2) is 81.1 Å². The molecule has 1 N–H and O–H groups in total. The monoisotopic (exact) mass is 546 g/mol. The van der Waals surface area contributed by atoms with Gasteiger partial charge in [-0.05, 0) is 42.8 Å². The number of hydrogen-bond acceptors (Lipinski definition) is 8. The second-order valence-electron chi connectivity index (χ2n) is 8.91.